The molecule has 0 radical (unpaired) electrons. The van der Waals surface area contributed by atoms with Crippen LogP contribution in [0.5, 0.6) is 0 Å². The average molecular weight is 368 g/mol. The summed E-state index contributed by atoms with van der Waals surface area (Å²) in [5.74, 6) is 0.884. The summed E-state index contributed by atoms with van der Waals surface area (Å²) in [6.07, 6.45) is 3.12. The van der Waals surface area contributed by atoms with E-state index in [2.05, 4.69) is 25.5 Å². The van der Waals surface area contributed by atoms with E-state index in [1.807, 2.05) is 19.1 Å². The molecule has 0 saturated heterocycles. The summed E-state index contributed by atoms with van der Waals surface area (Å²) in [5, 5.41) is 13.0. The zero-order chi connectivity index (χ0) is 18.3. The van der Waals surface area contributed by atoms with Gasteiger partial charge in [-0.15, -0.1) is 0 Å². The number of carbonyl (C=O) groups excluding carboxylic acids is 1. The van der Waals surface area contributed by atoms with Gasteiger partial charge in [0.05, 0.1) is 23.0 Å². The molecule has 9 heteroatoms. The number of halogens is 1. The quantitative estimate of drug-likeness (QED) is 0.601. The van der Waals surface area contributed by atoms with E-state index in [-0.39, 0.29) is 5.91 Å². The minimum Gasteiger partial charge on any atom is -0.311 e. The third kappa shape index (κ3) is 2.80. The van der Waals surface area contributed by atoms with E-state index in [9.17, 15) is 4.79 Å². The van der Waals surface area contributed by atoms with Crippen molar-refractivity contribution in [1.29, 1.82) is 0 Å². The number of nitrogens with one attached hydrogen (secondary N) is 1. The Labute approximate surface area is 153 Å². The highest BCUT2D eigenvalue weighted by Crippen LogP contribution is 2.24. The number of hydrogen-bond donors (Lipinski definition) is 1. The van der Waals surface area contributed by atoms with Crippen molar-refractivity contribution in [3.63, 3.8) is 0 Å². The van der Waals surface area contributed by atoms with Crippen molar-refractivity contribution in [2.75, 3.05) is 5.32 Å². The number of aromatic nitrogens is 6. The molecule has 0 aliphatic heterocycles. The van der Waals surface area contributed by atoms with E-state index < -0.39 is 0 Å². The zero-order valence-corrected chi connectivity index (χ0v) is 14.8. The Kier molecular flexibility index (Phi) is 3.89. The fourth-order valence-electron chi connectivity index (χ4n) is 2.70. The highest BCUT2D eigenvalue weighted by molar-refractivity contribution is 6.30. The van der Waals surface area contributed by atoms with Crippen LogP contribution in [0.15, 0.2) is 42.9 Å². The van der Waals surface area contributed by atoms with Gasteiger partial charge in [0.2, 0.25) is 5.91 Å². The number of benzene rings is 1. The van der Waals surface area contributed by atoms with Crippen molar-refractivity contribution >= 4 is 34.4 Å². The summed E-state index contributed by atoms with van der Waals surface area (Å²) in [4.78, 5) is 20.2. The minimum atomic E-state index is -0.187. The Hall–Kier alpha value is -3.26. The summed E-state index contributed by atoms with van der Waals surface area (Å²) < 4.78 is 3.28. The van der Waals surface area contributed by atoms with E-state index in [0.717, 1.165) is 11.4 Å². The lowest BCUT2D eigenvalue weighted by molar-refractivity contribution is -0.114. The number of nitrogens with zero attached hydrogens (tertiary/aromatic N) is 6. The van der Waals surface area contributed by atoms with Crippen LogP contribution in [-0.4, -0.2) is 35.4 Å². The van der Waals surface area contributed by atoms with Gasteiger partial charge in [0.1, 0.15) is 12.1 Å². The first-order valence-corrected chi connectivity index (χ1v) is 8.20. The number of carbonyl (C=O) groups is 1. The van der Waals surface area contributed by atoms with Gasteiger partial charge >= 0.3 is 0 Å². The molecule has 1 amide bonds. The number of hydrogen-bond acceptors (Lipinski definition) is 5. The van der Waals surface area contributed by atoms with Gasteiger partial charge in [-0.05, 0) is 31.2 Å². The second kappa shape index (κ2) is 6.23. The van der Waals surface area contributed by atoms with Gasteiger partial charge in [0.25, 0.3) is 0 Å². The van der Waals surface area contributed by atoms with Crippen molar-refractivity contribution in [3.8, 4) is 11.5 Å². The first-order valence-electron chi connectivity index (χ1n) is 7.82. The van der Waals surface area contributed by atoms with Gasteiger partial charge in [-0.3, -0.25) is 4.79 Å². The SMILES string of the molecule is CC(=O)Nc1cc(C)nn1-c1ncnc2c1cnn2-c1ccc(Cl)cc1. The van der Waals surface area contributed by atoms with Crippen LogP contribution in [0.1, 0.15) is 12.6 Å². The highest BCUT2D eigenvalue weighted by Gasteiger charge is 2.16. The molecule has 26 heavy (non-hydrogen) atoms. The molecule has 1 N–H and O–H groups in total. The zero-order valence-electron chi connectivity index (χ0n) is 14.0. The lowest BCUT2D eigenvalue weighted by Crippen LogP contribution is -2.12. The van der Waals surface area contributed by atoms with Crippen molar-refractivity contribution in [1.82, 2.24) is 29.5 Å². The van der Waals surface area contributed by atoms with Crippen LogP contribution in [0.3, 0.4) is 0 Å². The van der Waals surface area contributed by atoms with E-state index in [4.69, 9.17) is 11.6 Å². The largest absolute Gasteiger partial charge is 0.311 e. The second-order valence-electron chi connectivity index (χ2n) is 5.73. The van der Waals surface area contributed by atoms with Crippen molar-refractivity contribution < 1.29 is 4.79 Å². The smallest absolute Gasteiger partial charge is 0.222 e. The fourth-order valence-corrected chi connectivity index (χ4v) is 2.83. The Morgan fingerprint density at radius 2 is 1.92 bits per heavy atom. The van der Waals surface area contributed by atoms with Crippen LogP contribution < -0.4 is 5.32 Å². The van der Waals surface area contributed by atoms with E-state index in [1.54, 1.807) is 33.8 Å². The molecule has 0 unspecified atom stereocenters. The number of rotatable bonds is 3. The molecular weight excluding hydrogens is 354 g/mol. The predicted octanol–water partition coefficient (Wildman–Crippen LogP) is 2.92. The van der Waals surface area contributed by atoms with Crippen LogP contribution >= 0.6 is 11.6 Å². The molecule has 0 spiro atoms. The maximum absolute atomic E-state index is 11.5. The third-order valence-electron chi connectivity index (χ3n) is 3.75. The van der Waals surface area contributed by atoms with Crippen LogP contribution in [0.4, 0.5) is 5.82 Å². The van der Waals surface area contributed by atoms with E-state index in [0.29, 0.717) is 27.7 Å². The van der Waals surface area contributed by atoms with Crippen molar-refractivity contribution in [3.05, 3.63) is 53.6 Å². The molecule has 3 heterocycles. The summed E-state index contributed by atoms with van der Waals surface area (Å²) in [5.41, 5.74) is 2.21. The van der Waals surface area contributed by atoms with Gasteiger partial charge in [-0.2, -0.15) is 14.9 Å². The van der Waals surface area contributed by atoms with Crippen LogP contribution in [0.25, 0.3) is 22.5 Å². The molecule has 1 aromatic carbocycles. The first-order chi connectivity index (χ1) is 12.5. The molecule has 0 atom stereocenters. The predicted molar refractivity (Wildman–Crippen MR) is 97.8 cm³/mol. The summed E-state index contributed by atoms with van der Waals surface area (Å²) >= 11 is 5.96. The Balaban J connectivity index is 1.88. The molecule has 0 bridgehead atoms. The monoisotopic (exact) mass is 367 g/mol. The molecule has 4 aromatic rings. The molecule has 4 rings (SSSR count). The average Bonchev–Trinajstić information content (AvgIpc) is 3.18. The third-order valence-corrected chi connectivity index (χ3v) is 4.00. The molecule has 8 nitrogen and oxygen atoms in total. The molecule has 0 aliphatic carbocycles. The van der Waals surface area contributed by atoms with Crippen LogP contribution in [0.2, 0.25) is 5.02 Å². The first kappa shape index (κ1) is 16.2. The number of aryl methyl sites for hydroxylation is 1. The van der Waals surface area contributed by atoms with Crippen LogP contribution in [0, 0.1) is 6.92 Å². The fraction of sp³-hybridized carbons (Fsp3) is 0.118. The second-order valence-corrected chi connectivity index (χ2v) is 6.17. The normalized spacial score (nSPS) is 11.0. The standard InChI is InChI=1S/C17H14ClN7O/c1-10-7-15(22-11(2)26)25(23-10)17-14-8-21-24(16(14)19-9-20-17)13-5-3-12(18)4-6-13/h3-9H,1-2H3,(H,22,26). The highest BCUT2D eigenvalue weighted by atomic mass is 35.5. The van der Waals surface area contributed by atoms with Gasteiger partial charge < -0.3 is 5.32 Å². The molecular formula is C17H14ClN7O. The number of fused-ring (bicyclic) bond motifs is 1. The molecule has 3 aromatic heterocycles. The molecule has 0 aliphatic rings. The summed E-state index contributed by atoms with van der Waals surface area (Å²) in [7, 11) is 0. The number of anilines is 1. The maximum Gasteiger partial charge on any atom is 0.222 e. The Bertz CT molecular complexity index is 1110. The molecule has 0 saturated carbocycles. The molecule has 0 fully saturated rings. The maximum atomic E-state index is 11.5. The molecule has 130 valence electrons. The van der Waals surface area contributed by atoms with E-state index in [1.165, 1.54) is 13.3 Å². The van der Waals surface area contributed by atoms with Gasteiger partial charge in [-0.1, -0.05) is 11.6 Å². The number of amides is 1. The summed E-state index contributed by atoms with van der Waals surface area (Å²) in [6, 6.07) is 9.07. The topological polar surface area (TPSA) is 90.5 Å². The van der Waals surface area contributed by atoms with Gasteiger partial charge in [0.15, 0.2) is 11.5 Å². The lowest BCUT2D eigenvalue weighted by Gasteiger charge is -2.08. The summed E-state index contributed by atoms with van der Waals surface area (Å²) in [6.45, 7) is 3.29. The Morgan fingerprint density at radius 3 is 2.65 bits per heavy atom. The van der Waals surface area contributed by atoms with Crippen LogP contribution in [-0.2, 0) is 4.79 Å². The van der Waals surface area contributed by atoms with Crippen molar-refractivity contribution in [2.45, 2.75) is 13.8 Å². The lowest BCUT2D eigenvalue weighted by atomic mass is 10.3. The van der Waals surface area contributed by atoms with Gasteiger partial charge in [0, 0.05) is 18.0 Å². The van der Waals surface area contributed by atoms with Crippen molar-refractivity contribution in [2.24, 2.45) is 0 Å². The van der Waals surface area contributed by atoms with Gasteiger partial charge in [-0.25, -0.2) is 14.6 Å². The van der Waals surface area contributed by atoms with E-state index >= 15 is 0 Å². The Morgan fingerprint density at radius 1 is 1.15 bits per heavy atom. The minimum absolute atomic E-state index is 0.187.